The summed E-state index contributed by atoms with van der Waals surface area (Å²) >= 11 is 0. The monoisotopic (exact) mass is 481 g/mol. The predicted octanol–water partition coefficient (Wildman–Crippen LogP) is 5.69. The highest BCUT2D eigenvalue weighted by Gasteiger charge is 2.56. The molecular formula is C27H26F3N3O2. The first-order valence-electron chi connectivity index (χ1n) is 11.5. The summed E-state index contributed by atoms with van der Waals surface area (Å²) in [6.45, 7) is 3.29. The van der Waals surface area contributed by atoms with E-state index in [9.17, 15) is 18.3 Å². The van der Waals surface area contributed by atoms with E-state index in [1.807, 2.05) is 24.3 Å². The first kappa shape index (κ1) is 23.4. The van der Waals surface area contributed by atoms with Crippen LogP contribution in [0, 0.1) is 0 Å². The predicted molar refractivity (Wildman–Crippen MR) is 127 cm³/mol. The minimum Gasteiger partial charge on any atom is -0.493 e. The molecule has 0 saturated heterocycles. The third-order valence-electron chi connectivity index (χ3n) is 6.74. The average Bonchev–Trinajstić information content (AvgIpc) is 3.45. The minimum atomic E-state index is -4.85. The van der Waals surface area contributed by atoms with Crippen LogP contribution in [-0.2, 0) is 18.4 Å². The summed E-state index contributed by atoms with van der Waals surface area (Å²) in [7, 11) is 0. The van der Waals surface area contributed by atoms with E-state index in [1.165, 1.54) is 10.8 Å². The Morgan fingerprint density at radius 3 is 2.60 bits per heavy atom. The lowest BCUT2D eigenvalue weighted by Gasteiger charge is -2.39. The van der Waals surface area contributed by atoms with Crippen LogP contribution in [0.5, 0.6) is 5.75 Å². The summed E-state index contributed by atoms with van der Waals surface area (Å²) in [5, 5.41) is 11.2. The van der Waals surface area contributed by atoms with Gasteiger partial charge in [-0.1, -0.05) is 19.9 Å². The maximum absolute atomic E-state index is 14.4. The molecule has 0 amide bonds. The van der Waals surface area contributed by atoms with Gasteiger partial charge in [0.2, 0.25) is 0 Å². The van der Waals surface area contributed by atoms with Crippen molar-refractivity contribution in [2.24, 2.45) is 0 Å². The molecule has 1 aliphatic rings. The lowest BCUT2D eigenvalue weighted by atomic mass is 9.73. The third kappa shape index (κ3) is 4.27. The second-order valence-electron chi connectivity index (χ2n) is 9.79. The summed E-state index contributed by atoms with van der Waals surface area (Å²) in [5.41, 5.74) is 0.412. The van der Waals surface area contributed by atoms with Crippen molar-refractivity contribution in [3.63, 3.8) is 0 Å². The van der Waals surface area contributed by atoms with Gasteiger partial charge in [-0.3, -0.25) is 9.97 Å². The van der Waals surface area contributed by atoms with Gasteiger partial charge in [-0.05, 0) is 59.4 Å². The van der Waals surface area contributed by atoms with Gasteiger partial charge in [0.25, 0.3) is 0 Å². The number of ether oxygens (including phenoxy) is 1. The highest BCUT2D eigenvalue weighted by atomic mass is 19.4. The van der Waals surface area contributed by atoms with E-state index < -0.39 is 30.2 Å². The maximum atomic E-state index is 14.4. The van der Waals surface area contributed by atoms with Gasteiger partial charge in [0.1, 0.15) is 5.75 Å². The Hall–Kier alpha value is -3.39. The van der Waals surface area contributed by atoms with Gasteiger partial charge in [-0.15, -0.1) is 0 Å². The van der Waals surface area contributed by atoms with Gasteiger partial charge < -0.3 is 14.4 Å². The van der Waals surface area contributed by atoms with Gasteiger partial charge in [-0.25, -0.2) is 0 Å². The number of pyridine rings is 2. The maximum Gasteiger partial charge on any atom is 0.418 e. The molecule has 0 saturated carbocycles. The molecule has 182 valence electrons. The van der Waals surface area contributed by atoms with E-state index >= 15 is 0 Å². The highest BCUT2D eigenvalue weighted by Crippen LogP contribution is 2.47. The summed E-state index contributed by atoms with van der Waals surface area (Å²) in [4.78, 5) is 8.37. The zero-order valence-corrected chi connectivity index (χ0v) is 19.5. The molecule has 5 rings (SSSR count). The van der Waals surface area contributed by atoms with Crippen molar-refractivity contribution < 1.29 is 23.0 Å². The summed E-state index contributed by atoms with van der Waals surface area (Å²) in [6, 6.07) is 12.6. The molecule has 1 N–H and O–H groups in total. The van der Waals surface area contributed by atoms with E-state index in [1.54, 1.807) is 50.6 Å². The Bertz CT molecular complexity index is 1370. The Kier molecular flexibility index (Phi) is 5.59. The van der Waals surface area contributed by atoms with E-state index in [0.717, 1.165) is 16.7 Å². The second-order valence-corrected chi connectivity index (χ2v) is 9.79. The van der Waals surface area contributed by atoms with Crippen LogP contribution < -0.4 is 4.74 Å². The van der Waals surface area contributed by atoms with Gasteiger partial charge in [0, 0.05) is 42.3 Å². The van der Waals surface area contributed by atoms with Crippen molar-refractivity contribution >= 4 is 11.0 Å². The van der Waals surface area contributed by atoms with Crippen molar-refractivity contribution in [1.82, 2.24) is 14.5 Å². The van der Waals surface area contributed by atoms with E-state index in [-0.39, 0.29) is 0 Å². The molecule has 8 heteroatoms. The molecule has 0 spiro atoms. The number of rotatable bonds is 6. The topological polar surface area (TPSA) is 60.2 Å². The molecule has 1 aliphatic heterocycles. The number of fused-ring (bicyclic) bond motifs is 2. The molecule has 0 fully saturated rings. The molecule has 3 aromatic heterocycles. The zero-order valence-electron chi connectivity index (χ0n) is 19.5. The molecular weight excluding hydrogens is 455 g/mol. The molecule has 35 heavy (non-hydrogen) atoms. The largest absolute Gasteiger partial charge is 0.493 e. The average molecular weight is 482 g/mol. The Morgan fingerprint density at radius 2 is 1.86 bits per heavy atom. The van der Waals surface area contributed by atoms with Crippen molar-refractivity contribution in [3.05, 3.63) is 78.4 Å². The summed E-state index contributed by atoms with van der Waals surface area (Å²) in [6.07, 6.45) is 1.80. The van der Waals surface area contributed by atoms with Gasteiger partial charge in [-0.2, -0.15) is 13.2 Å². The van der Waals surface area contributed by atoms with Crippen LogP contribution in [0.1, 0.15) is 31.4 Å². The quantitative estimate of drug-likeness (QED) is 0.384. The van der Waals surface area contributed by atoms with Crippen LogP contribution in [0.25, 0.3) is 22.2 Å². The molecule has 5 nitrogen and oxygen atoms in total. The number of nitrogens with zero attached hydrogens (tertiary/aromatic N) is 3. The van der Waals surface area contributed by atoms with Gasteiger partial charge >= 0.3 is 6.18 Å². The number of benzene rings is 1. The summed E-state index contributed by atoms with van der Waals surface area (Å²) < 4.78 is 50.6. The van der Waals surface area contributed by atoms with E-state index in [4.69, 9.17) is 4.74 Å². The van der Waals surface area contributed by atoms with Crippen LogP contribution >= 0.6 is 0 Å². The highest BCUT2D eigenvalue weighted by molar-refractivity contribution is 5.75. The third-order valence-corrected chi connectivity index (χ3v) is 6.74. The number of aromatic nitrogens is 3. The standard InChI is InChI=1S/C27H26F3N3O2/c1-25(2,21-14-20(19-5-3-9-31-15-19)13-18-8-12-35-24(18)21)16-26(34,27(28,29)30)17-33-11-7-22-23(33)6-4-10-32-22/h3-7,9-11,13-15,34H,8,12,16-17H2,1-2H3. The Morgan fingerprint density at radius 1 is 1.06 bits per heavy atom. The smallest absolute Gasteiger partial charge is 0.418 e. The SMILES string of the molecule is CC(C)(CC(O)(Cn1ccc2ncccc21)C(F)(F)F)c1cc(-c2cccnc2)cc2c1OCC2. The molecule has 4 heterocycles. The van der Waals surface area contributed by atoms with Crippen LogP contribution in [0.2, 0.25) is 0 Å². The fourth-order valence-electron chi connectivity index (χ4n) is 5.02. The number of hydrogen-bond acceptors (Lipinski definition) is 4. The number of alkyl halides is 3. The normalized spacial score (nSPS) is 15.6. The minimum absolute atomic E-state index is 0.473. The van der Waals surface area contributed by atoms with Crippen molar-refractivity contribution in [1.29, 1.82) is 0 Å². The van der Waals surface area contributed by atoms with Crippen molar-refractivity contribution in [2.45, 2.75) is 50.4 Å². The first-order valence-corrected chi connectivity index (χ1v) is 11.5. The first-order chi connectivity index (χ1) is 16.6. The van der Waals surface area contributed by atoms with Crippen LogP contribution in [0.3, 0.4) is 0 Å². The number of halogens is 3. The fourth-order valence-corrected chi connectivity index (χ4v) is 5.02. The summed E-state index contributed by atoms with van der Waals surface area (Å²) in [5.74, 6) is 0.614. The van der Waals surface area contributed by atoms with Crippen LogP contribution in [0.15, 0.2) is 67.3 Å². The second kappa shape index (κ2) is 8.37. The Balaban J connectivity index is 1.56. The van der Waals surface area contributed by atoms with E-state index in [0.29, 0.717) is 35.4 Å². The lowest BCUT2D eigenvalue weighted by molar-refractivity contribution is -0.271. The van der Waals surface area contributed by atoms with Crippen molar-refractivity contribution in [2.75, 3.05) is 6.61 Å². The molecule has 4 aromatic rings. The van der Waals surface area contributed by atoms with Gasteiger partial charge in [0.05, 0.1) is 24.2 Å². The van der Waals surface area contributed by atoms with Crippen LogP contribution in [-0.4, -0.2) is 38.0 Å². The zero-order chi connectivity index (χ0) is 24.8. The molecule has 0 radical (unpaired) electrons. The van der Waals surface area contributed by atoms with E-state index in [2.05, 4.69) is 9.97 Å². The molecule has 1 unspecified atom stereocenters. The molecule has 0 aliphatic carbocycles. The number of hydrogen-bond donors (Lipinski definition) is 1. The fraction of sp³-hybridized carbons (Fsp3) is 0.333. The molecule has 0 bridgehead atoms. The molecule has 1 aromatic carbocycles. The lowest BCUT2D eigenvalue weighted by Crippen LogP contribution is -2.52. The Labute approximate surface area is 201 Å². The number of aliphatic hydroxyl groups is 1. The molecule has 1 atom stereocenters. The van der Waals surface area contributed by atoms with Crippen LogP contribution in [0.4, 0.5) is 13.2 Å². The van der Waals surface area contributed by atoms with Crippen molar-refractivity contribution in [3.8, 4) is 16.9 Å². The van der Waals surface area contributed by atoms with Gasteiger partial charge in [0.15, 0.2) is 5.60 Å².